The zero-order chi connectivity index (χ0) is 16.9. The molecule has 2 aliphatic rings. The average molecular weight is 315 g/mol. The number of carbonyl (C=O) groups excluding carboxylic acids is 3. The van der Waals surface area contributed by atoms with Crippen molar-refractivity contribution in [2.24, 2.45) is 0 Å². The molecule has 0 radical (unpaired) electrons. The van der Waals surface area contributed by atoms with Crippen LogP contribution in [0.2, 0.25) is 0 Å². The van der Waals surface area contributed by atoms with Gasteiger partial charge in [-0.3, -0.25) is 19.3 Å². The Hall–Kier alpha value is -2.37. The minimum atomic E-state index is -0.605. The number of imide groups is 1. The van der Waals surface area contributed by atoms with Crippen LogP contribution >= 0.6 is 0 Å². The second kappa shape index (κ2) is 5.08. The first-order valence-electron chi connectivity index (χ1n) is 7.77. The lowest BCUT2D eigenvalue weighted by molar-refractivity contribution is -0.158. The Bertz CT molecular complexity index is 706. The van der Waals surface area contributed by atoms with E-state index in [9.17, 15) is 14.4 Å². The van der Waals surface area contributed by atoms with Crippen molar-refractivity contribution in [3.63, 3.8) is 0 Å². The van der Waals surface area contributed by atoms with Crippen molar-refractivity contribution in [2.45, 2.75) is 51.7 Å². The van der Waals surface area contributed by atoms with E-state index in [4.69, 9.17) is 5.73 Å². The molecule has 0 spiro atoms. The third-order valence-corrected chi connectivity index (χ3v) is 4.47. The maximum atomic E-state index is 12.8. The van der Waals surface area contributed by atoms with Gasteiger partial charge >= 0.3 is 0 Å². The highest BCUT2D eigenvalue weighted by molar-refractivity contribution is 6.06. The van der Waals surface area contributed by atoms with Gasteiger partial charge in [0.1, 0.15) is 6.04 Å². The summed E-state index contributed by atoms with van der Waals surface area (Å²) < 4.78 is 0. The number of hydrogen-bond donors (Lipinski definition) is 1. The summed E-state index contributed by atoms with van der Waals surface area (Å²) in [5.41, 5.74) is 7.24. The first kappa shape index (κ1) is 15.5. The van der Waals surface area contributed by atoms with E-state index in [0.717, 1.165) is 5.56 Å². The van der Waals surface area contributed by atoms with Crippen LogP contribution in [0.4, 0.5) is 5.69 Å². The quantitative estimate of drug-likeness (QED) is 0.629. The first-order chi connectivity index (χ1) is 10.7. The summed E-state index contributed by atoms with van der Waals surface area (Å²) in [6, 6.07) is 4.62. The Morgan fingerprint density at radius 2 is 1.87 bits per heavy atom. The minimum Gasteiger partial charge on any atom is -0.398 e. The third kappa shape index (κ3) is 2.38. The van der Waals surface area contributed by atoms with E-state index in [0.29, 0.717) is 24.2 Å². The lowest BCUT2D eigenvalue weighted by atomic mass is 9.96. The standard InChI is InChI=1S/C17H21N3O3/c1-17(2,3)20-14(21)8-7-13(16(20)23)19-9-11-10(15(19)22)5-4-6-12(11)18/h4-6,13H,7-9,18H2,1-3H3. The molecule has 2 N–H and O–H groups in total. The Morgan fingerprint density at radius 3 is 2.48 bits per heavy atom. The molecule has 0 bridgehead atoms. The molecular formula is C17H21N3O3. The molecule has 3 rings (SSSR count). The van der Waals surface area contributed by atoms with Gasteiger partial charge in [-0.05, 0) is 39.3 Å². The van der Waals surface area contributed by atoms with Crippen LogP contribution in [-0.2, 0) is 16.1 Å². The van der Waals surface area contributed by atoms with Crippen molar-refractivity contribution in [3.05, 3.63) is 29.3 Å². The smallest absolute Gasteiger partial charge is 0.255 e. The van der Waals surface area contributed by atoms with Crippen molar-refractivity contribution in [1.29, 1.82) is 0 Å². The highest BCUT2D eigenvalue weighted by Gasteiger charge is 2.46. The number of hydrogen-bond acceptors (Lipinski definition) is 4. The van der Waals surface area contributed by atoms with Crippen LogP contribution < -0.4 is 5.73 Å². The monoisotopic (exact) mass is 315 g/mol. The number of piperidine rings is 1. The van der Waals surface area contributed by atoms with Crippen LogP contribution in [0.1, 0.15) is 49.5 Å². The van der Waals surface area contributed by atoms with Crippen LogP contribution in [0.5, 0.6) is 0 Å². The summed E-state index contributed by atoms with van der Waals surface area (Å²) in [5, 5.41) is 0. The van der Waals surface area contributed by atoms with Gasteiger partial charge in [0.2, 0.25) is 5.91 Å². The minimum absolute atomic E-state index is 0.178. The van der Waals surface area contributed by atoms with Gasteiger partial charge in [-0.25, -0.2) is 0 Å². The molecule has 1 atom stereocenters. The predicted molar refractivity (Wildman–Crippen MR) is 85.4 cm³/mol. The van der Waals surface area contributed by atoms with Gasteiger partial charge in [0.15, 0.2) is 0 Å². The van der Waals surface area contributed by atoms with Crippen molar-refractivity contribution in [3.8, 4) is 0 Å². The summed E-state index contributed by atoms with van der Waals surface area (Å²) in [7, 11) is 0. The molecule has 122 valence electrons. The second-order valence-electron chi connectivity index (χ2n) is 7.10. The number of nitrogen functional groups attached to an aromatic ring is 1. The van der Waals surface area contributed by atoms with Gasteiger partial charge in [0, 0.05) is 35.3 Å². The summed E-state index contributed by atoms with van der Waals surface area (Å²) in [6.07, 6.45) is 0.632. The molecule has 1 aromatic rings. The number of amides is 3. The molecule has 6 nitrogen and oxygen atoms in total. The molecule has 0 aliphatic carbocycles. The Balaban J connectivity index is 1.92. The van der Waals surface area contributed by atoms with E-state index >= 15 is 0 Å². The number of nitrogens with zero attached hydrogens (tertiary/aromatic N) is 2. The van der Waals surface area contributed by atoms with Crippen molar-refractivity contribution in [1.82, 2.24) is 9.80 Å². The van der Waals surface area contributed by atoms with E-state index in [2.05, 4.69) is 0 Å². The molecule has 0 aromatic heterocycles. The van der Waals surface area contributed by atoms with Gasteiger partial charge in [-0.2, -0.15) is 0 Å². The van der Waals surface area contributed by atoms with E-state index in [-0.39, 0.29) is 24.1 Å². The summed E-state index contributed by atoms with van der Waals surface area (Å²) in [6.45, 7) is 5.79. The van der Waals surface area contributed by atoms with Crippen molar-refractivity contribution in [2.75, 3.05) is 5.73 Å². The maximum Gasteiger partial charge on any atom is 0.255 e. The summed E-state index contributed by atoms with van der Waals surface area (Å²) in [4.78, 5) is 40.5. The van der Waals surface area contributed by atoms with Crippen LogP contribution in [-0.4, -0.2) is 39.1 Å². The largest absolute Gasteiger partial charge is 0.398 e. The predicted octanol–water partition coefficient (Wildman–Crippen LogP) is 1.54. The van der Waals surface area contributed by atoms with Gasteiger partial charge in [-0.15, -0.1) is 0 Å². The Labute approximate surface area is 135 Å². The number of likely N-dealkylation sites (tertiary alicyclic amines) is 1. The van der Waals surface area contributed by atoms with E-state index in [1.807, 2.05) is 20.8 Å². The number of rotatable bonds is 1. The topological polar surface area (TPSA) is 83.7 Å². The van der Waals surface area contributed by atoms with E-state index in [1.165, 1.54) is 4.90 Å². The average Bonchev–Trinajstić information content (AvgIpc) is 2.77. The van der Waals surface area contributed by atoms with Crippen molar-refractivity contribution >= 4 is 23.4 Å². The molecule has 6 heteroatoms. The zero-order valence-electron chi connectivity index (χ0n) is 13.6. The second-order valence-corrected chi connectivity index (χ2v) is 7.10. The van der Waals surface area contributed by atoms with Crippen LogP contribution in [0.25, 0.3) is 0 Å². The number of anilines is 1. The third-order valence-electron chi connectivity index (χ3n) is 4.47. The molecule has 3 amide bonds. The van der Waals surface area contributed by atoms with Gasteiger partial charge in [0.05, 0.1) is 0 Å². The fourth-order valence-corrected chi connectivity index (χ4v) is 3.39. The zero-order valence-corrected chi connectivity index (χ0v) is 13.6. The molecule has 1 saturated heterocycles. The Kier molecular flexibility index (Phi) is 3.43. The highest BCUT2D eigenvalue weighted by Crippen LogP contribution is 2.33. The number of nitrogens with two attached hydrogens (primary N) is 1. The fraction of sp³-hybridized carbons (Fsp3) is 0.471. The van der Waals surface area contributed by atoms with Crippen LogP contribution in [0.3, 0.4) is 0 Å². The molecule has 1 fully saturated rings. The number of benzene rings is 1. The molecular weight excluding hydrogens is 294 g/mol. The lowest BCUT2D eigenvalue weighted by Gasteiger charge is -2.41. The molecule has 23 heavy (non-hydrogen) atoms. The molecule has 2 heterocycles. The summed E-state index contributed by atoms with van der Waals surface area (Å²) in [5.74, 6) is -0.662. The first-order valence-corrected chi connectivity index (χ1v) is 7.77. The van der Waals surface area contributed by atoms with E-state index < -0.39 is 11.6 Å². The molecule has 0 saturated carbocycles. The van der Waals surface area contributed by atoms with Crippen LogP contribution in [0, 0.1) is 0 Å². The highest BCUT2D eigenvalue weighted by atomic mass is 16.2. The molecule has 1 aromatic carbocycles. The maximum absolute atomic E-state index is 12.8. The van der Waals surface area contributed by atoms with E-state index in [1.54, 1.807) is 23.1 Å². The van der Waals surface area contributed by atoms with Gasteiger partial charge < -0.3 is 10.6 Å². The number of fused-ring (bicyclic) bond motifs is 1. The Morgan fingerprint density at radius 1 is 1.17 bits per heavy atom. The molecule has 2 aliphatic heterocycles. The van der Waals surface area contributed by atoms with Gasteiger partial charge in [0.25, 0.3) is 11.8 Å². The normalized spacial score (nSPS) is 21.9. The number of carbonyl (C=O) groups is 3. The van der Waals surface area contributed by atoms with Crippen LogP contribution in [0.15, 0.2) is 18.2 Å². The fourth-order valence-electron chi connectivity index (χ4n) is 3.39. The molecule has 1 unspecified atom stereocenters. The lowest BCUT2D eigenvalue weighted by Crippen LogP contribution is -2.60. The summed E-state index contributed by atoms with van der Waals surface area (Å²) >= 11 is 0. The van der Waals surface area contributed by atoms with Crippen molar-refractivity contribution < 1.29 is 14.4 Å². The van der Waals surface area contributed by atoms with Gasteiger partial charge in [-0.1, -0.05) is 6.07 Å². The SMILES string of the molecule is CC(C)(C)N1C(=O)CCC(N2Cc3c(N)cccc3C2=O)C1=O.